The number of hydrogen-bond donors (Lipinski definition) is 1. The molecule has 0 aliphatic rings. The second-order valence-corrected chi connectivity index (χ2v) is 9.50. The van der Waals surface area contributed by atoms with Crippen LogP contribution in [0.4, 0.5) is 5.13 Å². The SMILES string of the molecule is CCCCCCCCC(=O)N(CCC(=O)Nc1nnc(-c2cccc(Cl)c2)s1)[C@@H](C)CC. The summed E-state index contributed by atoms with van der Waals surface area (Å²) >= 11 is 7.33. The summed E-state index contributed by atoms with van der Waals surface area (Å²) in [5.74, 6) is -0.0266. The summed E-state index contributed by atoms with van der Waals surface area (Å²) in [6.07, 6.45) is 8.57. The zero-order valence-electron chi connectivity index (χ0n) is 19.4. The van der Waals surface area contributed by atoms with E-state index in [1.165, 1.54) is 37.0 Å². The van der Waals surface area contributed by atoms with E-state index < -0.39 is 0 Å². The molecule has 1 atom stereocenters. The zero-order chi connectivity index (χ0) is 23.3. The first-order valence-corrected chi connectivity index (χ1v) is 12.8. The van der Waals surface area contributed by atoms with Gasteiger partial charge in [-0.3, -0.25) is 9.59 Å². The number of rotatable bonds is 14. The predicted octanol–water partition coefficient (Wildman–Crippen LogP) is 6.56. The Kier molecular flexibility index (Phi) is 11.7. The first-order chi connectivity index (χ1) is 15.4. The average Bonchev–Trinajstić information content (AvgIpc) is 3.24. The van der Waals surface area contributed by atoms with Gasteiger partial charge in [-0.15, -0.1) is 10.2 Å². The third-order valence-electron chi connectivity index (χ3n) is 5.51. The normalized spacial score (nSPS) is 11.9. The lowest BCUT2D eigenvalue weighted by Crippen LogP contribution is -2.40. The maximum Gasteiger partial charge on any atom is 0.227 e. The van der Waals surface area contributed by atoms with Crippen LogP contribution in [0.1, 0.15) is 78.6 Å². The molecule has 0 saturated heterocycles. The molecule has 6 nitrogen and oxygen atoms in total. The lowest BCUT2D eigenvalue weighted by molar-refractivity contribution is -0.133. The molecule has 1 aromatic carbocycles. The van der Waals surface area contributed by atoms with Gasteiger partial charge in [0.25, 0.3) is 0 Å². The first-order valence-electron chi connectivity index (χ1n) is 11.6. The van der Waals surface area contributed by atoms with Crippen LogP contribution < -0.4 is 5.32 Å². The van der Waals surface area contributed by atoms with Crippen molar-refractivity contribution in [1.29, 1.82) is 0 Å². The van der Waals surface area contributed by atoms with E-state index in [0.717, 1.165) is 24.8 Å². The van der Waals surface area contributed by atoms with E-state index >= 15 is 0 Å². The summed E-state index contributed by atoms with van der Waals surface area (Å²) in [6.45, 7) is 6.72. The largest absolute Gasteiger partial charge is 0.339 e. The van der Waals surface area contributed by atoms with Crippen molar-refractivity contribution in [3.63, 3.8) is 0 Å². The molecule has 0 unspecified atom stereocenters. The molecule has 0 saturated carbocycles. The van der Waals surface area contributed by atoms with Gasteiger partial charge in [0.2, 0.25) is 16.9 Å². The van der Waals surface area contributed by atoms with Crippen LogP contribution in [0.3, 0.4) is 0 Å². The monoisotopic (exact) mass is 478 g/mol. The van der Waals surface area contributed by atoms with Crippen molar-refractivity contribution in [2.24, 2.45) is 0 Å². The highest BCUT2D eigenvalue weighted by atomic mass is 35.5. The van der Waals surface area contributed by atoms with E-state index in [-0.39, 0.29) is 24.3 Å². The Morgan fingerprint density at radius 1 is 1.09 bits per heavy atom. The van der Waals surface area contributed by atoms with Gasteiger partial charge in [-0.1, -0.05) is 81.0 Å². The highest BCUT2D eigenvalue weighted by Gasteiger charge is 2.20. The number of carbonyl (C=O) groups excluding carboxylic acids is 2. The third kappa shape index (κ3) is 8.87. The number of aromatic nitrogens is 2. The summed E-state index contributed by atoms with van der Waals surface area (Å²) in [5.41, 5.74) is 0.860. The Bertz CT molecular complexity index is 858. The minimum Gasteiger partial charge on any atom is -0.339 e. The van der Waals surface area contributed by atoms with Crippen molar-refractivity contribution in [1.82, 2.24) is 15.1 Å². The molecule has 2 aromatic rings. The molecule has 0 spiro atoms. The predicted molar refractivity (Wildman–Crippen MR) is 133 cm³/mol. The van der Waals surface area contributed by atoms with Gasteiger partial charge < -0.3 is 10.2 Å². The number of anilines is 1. The minimum absolute atomic E-state index is 0.117. The average molecular weight is 479 g/mol. The Hall–Kier alpha value is -1.99. The summed E-state index contributed by atoms with van der Waals surface area (Å²) in [5, 5.41) is 12.8. The lowest BCUT2D eigenvalue weighted by atomic mass is 10.1. The molecule has 0 radical (unpaired) electrons. The number of hydrogen-bond acceptors (Lipinski definition) is 5. The molecular formula is C24H35ClN4O2S. The highest BCUT2D eigenvalue weighted by Crippen LogP contribution is 2.28. The molecule has 0 fully saturated rings. The van der Waals surface area contributed by atoms with E-state index in [0.29, 0.717) is 28.1 Å². The van der Waals surface area contributed by atoms with Gasteiger partial charge in [-0.25, -0.2) is 0 Å². The van der Waals surface area contributed by atoms with Crippen LogP contribution in [0.15, 0.2) is 24.3 Å². The minimum atomic E-state index is -0.167. The van der Waals surface area contributed by atoms with Gasteiger partial charge in [0.1, 0.15) is 5.01 Å². The van der Waals surface area contributed by atoms with Crippen LogP contribution in [-0.2, 0) is 9.59 Å². The molecule has 2 amide bonds. The van der Waals surface area contributed by atoms with E-state index in [1.807, 2.05) is 30.0 Å². The molecule has 0 aliphatic heterocycles. The van der Waals surface area contributed by atoms with Crippen LogP contribution in [0.25, 0.3) is 10.6 Å². The second kappa shape index (κ2) is 14.2. The van der Waals surface area contributed by atoms with Gasteiger partial charge >= 0.3 is 0 Å². The smallest absolute Gasteiger partial charge is 0.227 e. The maximum absolute atomic E-state index is 12.8. The molecule has 0 aliphatic carbocycles. The standard InChI is InChI=1S/C24H35ClN4O2S/c1-4-6-7-8-9-10-14-22(31)29(18(3)5-2)16-15-21(30)26-24-28-27-23(32-24)19-12-11-13-20(25)17-19/h11-13,17-18H,4-10,14-16H2,1-3H3,(H,26,28,30)/t18-/m0/s1. The van der Waals surface area contributed by atoms with Crippen LogP contribution in [0, 0.1) is 0 Å². The number of carbonyl (C=O) groups is 2. The number of halogens is 1. The van der Waals surface area contributed by atoms with Gasteiger partial charge in [-0.05, 0) is 31.9 Å². The number of amides is 2. The maximum atomic E-state index is 12.8. The van der Waals surface area contributed by atoms with Crippen molar-refractivity contribution in [3.8, 4) is 10.6 Å². The second-order valence-electron chi connectivity index (χ2n) is 8.08. The van der Waals surface area contributed by atoms with Crippen LogP contribution in [-0.4, -0.2) is 39.5 Å². The summed E-state index contributed by atoms with van der Waals surface area (Å²) < 4.78 is 0. The zero-order valence-corrected chi connectivity index (χ0v) is 21.0. The summed E-state index contributed by atoms with van der Waals surface area (Å²) in [6, 6.07) is 7.48. The molecule has 2 rings (SSSR count). The van der Waals surface area contributed by atoms with Crippen molar-refractivity contribution < 1.29 is 9.59 Å². The number of nitrogens with one attached hydrogen (secondary N) is 1. The molecule has 8 heteroatoms. The number of unbranched alkanes of at least 4 members (excludes halogenated alkanes) is 5. The van der Waals surface area contributed by atoms with Crippen molar-refractivity contribution in [2.75, 3.05) is 11.9 Å². The Labute approximate surface area is 200 Å². The highest BCUT2D eigenvalue weighted by molar-refractivity contribution is 7.18. The van der Waals surface area contributed by atoms with Gasteiger partial charge in [0.05, 0.1) is 0 Å². The van der Waals surface area contributed by atoms with E-state index in [1.54, 1.807) is 6.07 Å². The van der Waals surface area contributed by atoms with Gasteiger partial charge in [0.15, 0.2) is 0 Å². The molecule has 0 bridgehead atoms. The Balaban J connectivity index is 1.83. The molecule has 1 heterocycles. The fourth-order valence-electron chi connectivity index (χ4n) is 3.43. The van der Waals surface area contributed by atoms with Crippen LogP contribution in [0.5, 0.6) is 0 Å². The number of benzene rings is 1. The van der Waals surface area contributed by atoms with Gasteiger partial charge in [0, 0.05) is 36.0 Å². The van der Waals surface area contributed by atoms with E-state index in [4.69, 9.17) is 11.6 Å². The van der Waals surface area contributed by atoms with Crippen molar-refractivity contribution >= 4 is 39.9 Å². The topological polar surface area (TPSA) is 75.2 Å². The first kappa shape index (κ1) is 26.3. The van der Waals surface area contributed by atoms with Crippen molar-refractivity contribution in [3.05, 3.63) is 29.3 Å². The molecule has 32 heavy (non-hydrogen) atoms. The summed E-state index contributed by atoms with van der Waals surface area (Å²) in [7, 11) is 0. The molecule has 1 N–H and O–H groups in total. The van der Waals surface area contributed by atoms with Crippen molar-refractivity contribution in [2.45, 2.75) is 84.6 Å². The molecular weight excluding hydrogens is 444 g/mol. The molecule has 176 valence electrons. The summed E-state index contributed by atoms with van der Waals surface area (Å²) in [4.78, 5) is 27.1. The fourth-order valence-corrected chi connectivity index (χ4v) is 4.37. The van der Waals surface area contributed by atoms with E-state index in [9.17, 15) is 9.59 Å². The van der Waals surface area contributed by atoms with Crippen LogP contribution in [0.2, 0.25) is 5.02 Å². The fraction of sp³-hybridized carbons (Fsp3) is 0.583. The van der Waals surface area contributed by atoms with E-state index in [2.05, 4.69) is 29.4 Å². The Morgan fingerprint density at radius 3 is 2.56 bits per heavy atom. The van der Waals surface area contributed by atoms with Gasteiger partial charge in [-0.2, -0.15) is 0 Å². The lowest BCUT2D eigenvalue weighted by Gasteiger charge is -2.28. The third-order valence-corrected chi connectivity index (χ3v) is 6.63. The number of nitrogens with zero attached hydrogens (tertiary/aromatic N) is 3. The Morgan fingerprint density at radius 2 is 1.84 bits per heavy atom. The van der Waals surface area contributed by atoms with Crippen LogP contribution >= 0.6 is 22.9 Å². The quantitative estimate of drug-likeness (QED) is 0.312. The molecule has 1 aromatic heterocycles.